The molecule has 0 fully saturated rings. The Balaban J connectivity index is 3.10. The third-order valence-corrected chi connectivity index (χ3v) is 2.98. The fraction of sp³-hybridized carbons (Fsp3) is 0.714. The van der Waals surface area contributed by atoms with Gasteiger partial charge in [0, 0.05) is 31.3 Å². The molecule has 0 saturated heterocycles. The minimum atomic E-state index is 0.142. The number of rotatable bonds is 6. The summed E-state index contributed by atoms with van der Waals surface area (Å²) in [6.07, 6.45) is 0.887. The molecule has 0 saturated carbocycles. The summed E-state index contributed by atoms with van der Waals surface area (Å²) < 4.78 is 5.27. The van der Waals surface area contributed by atoms with Crippen molar-refractivity contribution in [2.75, 3.05) is 19.0 Å². The molecule has 1 unspecified atom stereocenters. The van der Waals surface area contributed by atoms with E-state index in [2.05, 4.69) is 43.0 Å². The number of nitrogens with one attached hydrogen (secondary N) is 1. The summed E-state index contributed by atoms with van der Waals surface area (Å²) in [7, 11) is 1.71. The highest BCUT2D eigenvalue weighted by atomic mass is 16.5. The van der Waals surface area contributed by atoms with Gasteiger partial charge in [0.15, 0.2) is 0 Å². The molecular formula is C14H25N3O. The van der Waals surface area contributed by atoms with E-state index in [4.69, 9.17) is 4.74 Å². The zero-order valence-electron chi connectivity index (χ0n) is 12.4. The molecule has 0 aliphatic carbocycles. The van der Waals surface area contributed by atoms with Crippen molar-refractivity contribution >= 4 is 5.82 Å². The summed E-state index contributed by atoms with van der Waals surface area (Å²) in [6, 6.07) is 0. The lowest BCUT2D eigenvalue weighted by Crippen LogP contribution is -2.15. The molecule has 102 valence electrons. The van der Waals surface area contributed by atoms with E-state index in [-0.39, 0.29) is 6.10 Å². The predicted octanol–water partition coefficient (Wildman–Crippen LogP) is 2.92. The van der Waals surface area contributed by atoms with Crippen molar-refractivity contribution < 1.29 is 4.74 Å². The van der Waals surface area contributed by atoms with Gasteiger partial charge < -0.3 is 10.1 Å². The van der Waals surface area contributed by atoms with E-state index in [1.165, 1.54) is 5.56 Å². The number of aryl methyl sites for hydroxylation is 1. The van der Waals surface area contributed by atoms with Crippen molar-refractivity contribution in [2.24, 2.45) is 0 Å². The smallest absolute Gasteiger partial charge is 0.133 e. The van der Waals surface area contributed by atoms with Gasteiger partial charge >= 0.3 is 0 Å². The van der Waals surface area contributed by atoms with Gasteiger partial charge in [0.25, 0.3) is 0 Å². The largest absolute Gasteiger partial charge is 0.381 e. The number of methoxy groups -OCH3 is 1. The van der Waals surface area contributed by atoms with Crippen molar-refractivity contribution in [1.29, 1.82) is 0 Å². The first-order chi connectivity index (χ1) is 8.49. The van der Waals surface area contributed by atoms with Crippen LogP contribution in [0.2, 0.25) is 0 Å². The lowest BCUT2D eigenvalue weighted by Gasteiger charge is -2.17. The van der Waals surface area contributed by atoms with E-state index in [1.807, 2.05) is 6.92 Å². The molecule has 1 rings (SSSR count). The molecule has 0 spiro atoms. The fourth-order valence-corrected chi connectivity index (χ4v) is 2.06. The Morgan fingerprint density at radius 3 is 2.39 bits per heavy atom. The van der Waals surface area contributed by atoms with Crippen LogP contribution in [0, 0.1) is 6.92 Å². The molecule has 0 aromatic carbocycles. The monoisotopic (exact) mass is 251 g/mol. The number of anilines is 1. The summed E-state index contributed by atoms with van der Waals surface area (Å²) in [4.78, 5) is 9.22. The molecule has 18 heavy (non-hydrogen) atoms. The van der Waals surface area contributed by atoms with E-state index in [0.29, 0.717) is 5.92 Å². The Morgan fingerprint density at radius 2 is 1.89 bits per heavy atom. The topological polar surface area (TPSA) is 47.0 Å². The van der Waals surface area contributed by atoms with Crippen LogP contribution >= 0.6 is 0 Å². The summed E-state index contributed by atoms with van der Waals surface area (Å²) in [5.41, 5.74) is 2.28. The Hall–Kier alpha value is -1.16. The van der Waals surface area contributed by atoms with Crippen LogP contribution in [0.3, 0.4) is 0 Å². The zero-order chi connectivity index (χ0) is 13.7. The van der Waals surface area contributed by atoms with Crippen LogP contribution in [0.25, 0.3) is 0 Å². The molecule has 1 aromatic rings. The Morgan fingerprint density at radius 1 is 1.22 bits per heavy atom. The van der Waals surface area contributed by atoms with Gasteiger partial charge in [0.2, 0.25) is 0 Å². The zero-order valence-corrected chi connectivity index (χ0v) is 12.4. The summed E-state index contributed by atoms with van der Waals surface area (Å²) >= 11 is 0. The predicted molar refractivity (Wildman–Crippen MR) is 75.2 cm³/mol. The van der Waals surface area contributed by atoms with E-state index >= 15 is 0 Å². The molecule has 0 aliphatic heterocycles. The molecule has 1 atom stereocenters. The van der Waals surface area contributed by atoms with Crippen LogP contribution < -0.4 is 5.32 Å². The third kappa shape index (κ3) is 3.67. The first-order valence-electron chi connectivity index (χ1n) is 6.63. The van der Waals surface area contributed by atoms with E-state index < -0.39 is 0 Å². The SMILES string of the molecule is CCNc1nc(CC(C)OC)nc(C)c1C(C)C. The van der Waals surface area contributed by atoms with Crippen LogP contribution in [-0.2, 0) is 11.2 Å². The first kappa shape index (κ1) is 14.9. The van der Waals surface area contributed by atoms with Crippen LogP contribution in [0.15, 0.2) is 0 Å². The Kier molecular flexibility index (Phi) is 5.54. The number of nitrogens with zero attached hydrogens (tertiary/aromatic N) is 2. The quantitative estimate of drug-likeness (QED) is 0.844. The first-order valence-corrected chi connectivity index (χ1v) is 6.63. The van der Waals surface area contributed by atoms with Gasteiger partial charge in [-0.05, 0) is 26.7 Å². The van der Waals surface area contributed by atoms with Gasteiger partial charge in [-0.3, -0.25) is 0 Å². The van der Waals surface area contributed by atoms with Crippen molar-refractivity contribution in [3.8, 4) is 0 Å². The summed E-state index contributed by atoms with van der Waals surface area (Å²) in [6.45, 7) is 11.4. The molecule has 0 aliphatic rings. The molecule has 1 N–H and O–H groups in total. The van der Waals surface area contributed by atoms with Gasteiger partial charge in [-0.1, -0.05) is 13.8 Å². The Labute approximate surface area is 110 Å². The van der Waals surface area contributed by atoms with Crippen molar-refractivity contribution in [1.82, 2.24) is 9.97 Å². The average molecular weight is 251 g/mol. The van der Waals surface area contributed by atoms with Crippen LogP contribution in [0.1, 0.15) is 50.7 Å². The minimum Gasteiger partial charge on any atom is -0.381 e. The van der Waals surface area contributed by atoms with Crippen LogP contribution in [-0.4, -0.2) is 29.7 Å². The van der Waals surface area contributed by atoms with Gasteiger partial charge in [-0.25, -0.2) is 9.97 Å². The fourth-order valence-electron chi connectivity index (χ4n) is 2.06. The van der Waals surface area contributed by atoms with Crippen molar-refractivity contribution in [3.63, 3.8) is 0 Å². The van der Waals surface area contributed by atoms with Gasteiger partial charge in [-0.15, -0.1) is 0 Å². The maximum Gasteiger partial charge on any atom is 0.133 e. The maximum atomic E-state index is 5.27. The lowest BCUT2D eigenvalue weighted by molar-refractivity contribution is 0.117. The van der Waals surface area contributed by atoms with Crippen LogP contribution in [0.4, 0.5) is 5.82 Å². The standard InChI is InChI=1S/C14H25N3O/c1-7-15-14-13(9(2)3)11(5)16-12(17-14)8-10(4)18-6/h9-10H,7-8H2,1-6H3,(H,15,16,17). The van der Waals surface area contributed by atoms with Crippen LogP contribution in [0.5, 0.6) is 0 Å². The van der Waals surface area contributed by atoms with Crippen molar-refractivity contribution in [3.05, 3.63) is 17.1 Å². The van der Waals surface area contributed by atoms with E-state index in [9.17, 15) is 0 Å². The molecule has 4 nitrogen and oxygen atoms in total. The van der Waals surface area contributed by atoms with Gasteiger partial charge in [0.1, 0.15) is 11.6 Å². The number of hydrogen-bond donors (Lipinski definition) is 1. The molecule has 0 radical (unpaired) electrons. The number of aromatic nitrogens is 2. The highest BCUT2D eigenvalue weighted by Crippen LogP contribution is 2.25. The number of ether oxygens (including phenoxy) is 1. The second-order valence-corrected chi connectivity index (χ2v) is 4.92. The normalized spacial score (nSPS) is 12.8. The molecule has 1 heterocycles. The highest BCUT2D eigenvalue weighted by Gasteiger charge is 2.15. The molecule has 4 heteroatoms. The average Bonchev–Trinajstić information content (AvgIpc) is 2.28. The Bertz CT molecular complexity index is 391. The number of hydrogen-bond acceptors (Lipinski definition) is 4. The second-order valence-electron chi connectivity index (χ2n) is 4.92. The minimum absolute atomic E-state index is 0.142. The molecule has 1 aromatic heterocycles. The summed E-state index contributed by atoms with van der Waals surface area (Å²) in [5, 5.41) is 3.34. The van der Waals surface area contributed by atoms with E-state index in [1.54, 1.807) is 7.11 Å². The van der Waals surface area contributed by atoms with E-state index in [0.717, 1.165) is 30.3 Å². The summed E-state index contributed by atoms with van der Waals surface area (Å²) in [5.74, 6) is 2.24. The van der Waals surface area contributed by atoms with Crippen molar-refractivity contribution in [2.45, 2.75) is 53.1 Å². The second kappa shape index (κ2) is 6.69. The molecular weight excluding hydrogens is 226 g/mol. The molecule has 0 amide bonds. The molecule has 0 bridgehead atoms. The maximum absolute atomic E-state index is 5.27. The van der Waals surface area contributed by atoms with Gasteiger partial charge in [0.05, 0.1) is 6.10 Å². The van der Waals surface area contributed by atoms with Gasteiger partial charge in [-0.2, -0.15) is 0 Å². The third-order valence-electron chi connectivity index (χ3n) is 2.98. The highest BCUT2D eigenvalue weighted by molar-refractivity contribution is 5.48. The lowest BCUT2D eigenvalue weighted by atomic mass is 10.0.